The summed E-state index contributed by atoms with van der Waals surface area (Å²) in [5, 5.41) is 3.29. The predicted molar refractivity (Wildman–Crippen MR) is 235 cm³/mol. The Morgan fingerprint density at radius 3 is 1.64 bits per heavy atom. The van der Waals surface area contributed by atoms with E-state index in [0.29, 0.717) is 22.6 Å². The molecule has 0 bridgehead atoms. The van der Waals surface area contributed by atoms with Gasteiger partial charge >= 0.3 is 23.8 Å². The number of nitrogens with one attached hydrogen (secondary N) is 1. The highest BCUT2D eigenvalue weighted by atomic mass is 79.9. The number of likely N-dealkylation sites (tertiary alicyclic amines) is 1. The van der Waals surface area contributed by atoms with Gasteiger partial charge in [0.05, 0.1) is 39.5 Å². The first-order chi connectivity index (χ1) is 27.0. The van der Waals surface area contributed by atoms with Crippen molar-refractivity contribution in [2.45, 2.75) is 140 Å². The third-order valence-electron chi connectivity index (χ3n) is 11.0. The van der Waals surface area contributed by atoms with Crippen molar-refractivity contribution < 1.29 is 55.1 Å². The summed E-state index contributed by atoms with van der Waals surface area (Å²) in [5.74, 6) is -9.48. The lowest BCUT2D eigenvalue weighted by atomic mass is 10.2. The molecular formula is C40H63BrF4N2O8S2Si2. The zero-order valence-electron chi connectivity index (χ0n) is 36.5. The number of nitrogens with zero attached hydrogens (tertiary/aromatic N) is 1. The molecule has 336 valence electrons. The van der Waals surface area contributed by atoms with Crippen LogP contribution in [0.1, 0.15) is 96.3 Å². The summed E-state index contributed by atoms with van der Waals surface area (Å²) in [5.41, 5.74) is 0. The normalized spacial score (nSPS) is 19.0. The van der Waals surface area contributed by atoms with Crippen molar-refractivity contribution >= 4 is 79.0 Å². The molecule has 59 heavy (non-hydrogen) atoms. The maximum atomic E-state index is 14.1. The van der Waals surface area contributed by atoms with Crippen LogP contribution >= 0.6 is 38.6 Å². The van der Waals surface area contributed by atoms with E-state index in [0.717, 1.165) is 23.0 Å². The van der Waals surface area contributed by atoms with Crippen LogP contribution in [0.2, 0.25) is 36.3 Å². The van der Waals surface area contributed by atoms with E-state index < -0.39 is 71.2 Å². The van der Waals surface area contributed by atoms with Crippen molar-refractivity contribution in [3.05, 3.63) is 43.8 Å². The molecule has 0 unspecified atom stereocenters. The van der Waals surface area contributed by atoms with E-state index in [1.54, 1.807) is 6.07 Å². The molecule has 2 aliphatic rings. The zero-order valence-corrected chi connectivity index (χ0v) is 41.7. The zero-order chi connectivity index (χ0) is 45.2. The van der Waals surface area contributed by atoms with E-state index in [2.05, 4.69) is 98.5 Å². The molecule has 4 rings (SSSR count). The predicted octanol–water partition coefficient (Wildman–Crippen LogP) is 10.1. The number of esters is 2. The molecule has 0 aromatic carbocycles. The highest BCUT2D eigenvalue weighted by Crippen LogP contribution is 2.40. The maximum absolute atomic E-state index is 14.1. The quantitative estimate of drug-likeness (QED) is 0.0811. The second-order valence-corrected chi connectivity index (χ2v) is 30.4. The van der Waals surface area contributed by atoms with Gasteiger partial charge in [0.25, 0.3) is 11.8 Å². The molecule has 0 saturated carbocycles. The molecule has 2 aliphatic heterocycles. The number of thiophene rings is 2. The molecule has 1 N–H and O–H groups in total. The molecule has 19 heteroatoms. The van der Waals surface area contributed by atoms with Crippen LogP contribution in [0, 0.1) is 0 Å². The minimum atomic E-state index is -3.33. The molecule has 0 aliphatic carbocycles. The number of hydrogen-bond donors (Lipinski definition) is 1. The monoisotopic (exact) mass is 974 g/mol. The fourth-order valence-corrected chi connectivity index (χ4v) is 9.61. The van der Waals surface area contributed by atoms with Crippen LogP contribution in [0.4, 0.5) is 17.6 Å². The van der Waals surface area contributed by atoms with E-state index in [4.69, 9.17) is 8.85 Å². The molecule has 4 heterocycles. The number of amides is 2. The Bertz CT molecular complexity index is 1710. The maximum Gasteiger partial charge on any atom is 0.348 e. The Morgan fingerprint density at radius 1 is 0.780 bits per heavy atom. The number of methoxy groups -OCH3 is 2. The Hall–Kier alpha value is -2.17. The van der Waals surface area contributed by atoms with Gasteiger partial charge in [0.15, 0.2) is 16.6 Å². The van der Waals surface area contributed by atoms with Crippen LogP contribution < -0.4 is 5.32 Å². The standard InChI is InChI=1S/C20H31F2NO4SSi.C11H21F2NO2Si.C9H11BrO2S/c1-19(2,3)29(5,6)27-13-14-12-20(21,22)18(25)23(14)11-7-8-15-9-10-16(28-15)17(24)26-4;1-10(2,3)17(4,5)16-7-8-6-11(12,13)9(15)14-8;1-12-9(11)8-5-4-7(13-8)3-2-6-10/h9-10,14H,7-8,11-13H2,1-6H3;8H,6-7H2,1-5H3,(H,14,15);4-5H,2-3,6H2,1H3/t14-;8-;/m11./s1. The Morgan fingerprint density at radius 2 is 1.24 bits per heavy atom. The van der Waals surface area contributed by atoms with Crippen molar-refractivity contribution in [2.24, 2.45) is 0 Å². The second kappa shape index (κ2) is 21.8. The molecule has 2 fully saturated rings. The van der Waals surface area contributed by atoms with Crippen molar-refractivity contribution in [3.63, 3.8) is 0 Å². The Balaban J connectivity index is 0.000000337. The molecule has 0 spiro atoms. The Kier molecular flexibility index (Phi) is 19.5. The number of rotatable bonds is 15. The molecule has 2 aromatic heterocycles. The summed E-state index contributed by atoms with van der Waals surface area (Å²) in [6.45, 7) is 21.3. The molecule has 2 atom stereocenters. The summed E-state index contributed by atoms with van der Waals surface area (Å²) < 4.78 is 75.4. The van der Waals surface area contributed by atoms with Gasteiger partial charge in [-0.3, -0.25) is 9.59 Å². The lowest BCUT2D eigenvalue weighted by molar-refractivity contribution is -0.148. The van der Waals surface area contributed by atoms with Gasteiger partial charge in [-0.15, -0.1) is 22.7 Å². The fraction of sp³-hybridized carbons (Fsp3) is 0.700. The van der Waals surface area contributed by atoms with E-state index in [-0.39, 0.29) is 35.8 Å². The smallest absolute Gasteiger partial charge is 0.348 e. The number of carbonyl (C=O) groups excluding carboxylic acids is 4. The van der Waals surface area contributed by atoms with Gasteiger partial charge in [0.2, 0.25) is 0 Å². The minimum absolute atomic E-state index is 0.0283. The van der Waals surface area contributed by atoms with E-state index >= 15 is 0 Å². The van der Waals surface area contributed by atoms with Crippen LogP contribution in [0.25, 0.3) is 0 Å². The van der Waals surface area contributed by atoms with Gasteiger partial charge in [-0.25, -0.2) is 9.59 Å². The first kappa shape index (κ1) is 53.0. The summed E-state index contributed by atoms with van der Waals surface area (Å²) >= 11 is 6.20. The van der Waals surface area contributed by atoms with Gasteiger partial charge < -0.3 is 28.5 Å². The molecule has 2 aromatic rings. The minimum Gasteiger partial charge on any atom is -0.465 e. The van der Waals surface area contributed by atoms with Gasteiger partial charge in [-0.05, 0) is 86.2 Å². The molecular weight excluding hydrogens is 913 g/mol. The topological polar surface area (TPSA) is 120 Å². The van der Waals surface area contributed by atoms with Crippen LogP contribution in [-0.4, -0.2) is 109 Å². The average molecular weight is 976 g/mol. The van der Waals surface area contributed by atoms with Crippen LogP contribution in [0.3, 0.4) is 0 Å². The third-order valence-corrected chi connectivity index (χ3v) is 22.9. The molecule has 10 nitrogen and oxygen atoms in total. The van der Waals surface area contributed by atoms with Crippen molar-refractivity contribution in [1.82, 2.24) is 10.2 Å². The van der Waals surface area contributed by atoms with Crippen molar-refractivity contribution in [3.8, 4) is 0 Å². The summed E-state index contributed by atoms with van der Waals surface area (Å²) in [7, 11) is -1.30. The highest BCUT2D eigenvalue weighted by molar-refractivity contribution is 9.09. The number of carbonyl (C=O) groups is 4. The largest absolute Gasteiger partial charge is 0.465 e. The summed E-state index contributed by atoms with van der Waals surface area (Å²) in [4.78, 5) is 50.4. The number of ether oxygens (including phenoxy) is 2. The second-order valence-electron chi connectivity index (χ2n) is 17.7. The van der Waals surface area contributed by atoms with Crippen molar-refractivity contribution in [1.29, 1.82) is 0 Å². The first-order valence-electron chi connectivity index (χ1n) is 19.6. The third kappa shape index (κ3) is 15.6. The number of alkyl halides is 5. The van der Waals surface area contributed by atoms with Gasteiger partial charge in [-0.1, -0.05) is 57.5 Å². The van der Waals surface area contributed by atoms with Crippen LogP contribution in [0.15, 0.2) is 24.3 Å². The summed E-state index contributed by atoms with van der Waals surface area (Å²) in [6, 6.07) is 6.15. The van der Waals surface area contributed by atoms with Crippen molar-refractivity contribution in [2.75, 3.05) is 39.3 Å². The van der Waals surface area contributed by atoms with E-state index in [1.165, 1.54) is 46.7 Å². The Labute approximate surface area is 365 Å². The lowest BCUT2D eigenvalue weighted by Crippen LogP contribution is -2.45. The number of hydrogen-bond acceptors (Lipinski definition) is 10. The molecule has 0 radical (unpaired) electrons. The highest BCUT2D eigenvalue weighted by Gasteiger charge is 2.54. The lowest BCUT2D eigenvalue weighted by Gasteiger charge is -2.37. The van der Waals surface area contributed by atoms with Gasteiger partial charge in [0, 0.05) is 34.5 Å². The molecule has 2 saturated heterocycles. The average Bonchev–Trinajstić information content (AvgIpc) is 3.91. The van der Waals surface area contributed by atoms with Crippen LogP contribution in [0.5, 0.6) is 0 Å². The van der Waals surface area contributed by atoms with E-state index in [1.807, 2.05) is 18.2 Å². The van der Waals surface area contributed by atoms with Gasteiger partial charge in [-0.2, -0.15) is 17.6 Å². The first-order valence-corrected chi connectivity index (χ1v) is 28.1. The summed E-state index contributed by atoms with van der Waals surface area (Å²) in [6.07, 6.45) is 2.31. The number of halogens is 5. The number of aryl methyl sites for hydroxylation is 2. The molecule has 2 amide bonds. The van der Waals surface area contributed by atoms with Crippen LogP contribution in [-0.2, 0) is 40.8 Å². The van der Waals surface area contributed by atoms with Gasteiger partial charge in [0.1, 0.15) is 9.75 Å². The fourth-order valence-electron chi connectivity index (χ4n) is 5.30. The SMILES string of the molecule is CC(C)(C)[Si](C)(C)OC[C@H]1CC(F)(F)C(=O)N1.COC(=O)c1ccc(CCCBr)s1.COC(=O)c1ccc(CCCN2C(=O)C(F)(F)C[C@@H]2CO[Si](C)(C)C(C)(C)C)s1. The van der Waals surface area contributed by atoms with E-state index in [9.17, 15) is 36.7 Å².